The van der Waals surface area contributed by atoms with Gasteiger partial charge in [-0.05, 0) is 25.3 Å². The smallest absolute Gasteiger partial charge is 0.0830 e. The van der Waals surface area contributed by atoms with Crippen LogP contribution in [0.2, 0.25) is 0 Å². The number of aliphatic hydroxyl groups excluding tert-OH is 2. The van der Waals surface area contributed by atoms with Gasteiger partial charge in [-0.25, -0.2) is 0 Å². The van der Waals surface area contributed by atoms with E-state index in [0.717, 1.165) is 25.5 Å². The Morgan fingerprint density at radius 3 is 2.56 bits per heavy atom. The van der Waals surface area contributed by atoms with Gasteiger partial charge in [-0.1, -0.05) is 30.9 Å². The van der Waals surface area contributed by atoms with Crippen molar-refractivity contribution >= 4 is 0 Å². The lowest BCUT2D eigenvalue weighted by molar-refractivity contribution is 0.0279. The summed E-state index contributed by atoms with van der Waals surface area (Å²) in [6.07, 6.45) is 9.81. The molecule has 2 N–H and O–H groups in total. The first-order valence-corrected chi connectivity index (χ1v) is 5.48. The molecule has 92 valence electrons. The van der Waals surface area contributed by atoms with Gasteiger partial charge in [0.2, 0.25) is 0 Å². The standard InChI is InChI=1S/C12H18O2.CH4O/c1-3-5-10(6-4-2)12-8-7-11(9-13)14-12;1-2/h3-6,11-13H,1,7-9H2,2H3;2H,1H3/b6-4-,10-5+;. The number of allylic oxidation sites excluding steroid dienone is 3. The molecule has 2 atom stereocenters. The van der Waals surface area contributed by atoms with Crippen LogP contribution in [0.3, 0.4) is 0 Å². The minimum atomic E-state index is 0.0125. The van der Waals surface area contributed by atoms with E-state index in [-0.39, 0.29) is 18.8 Å². The van der Waals surface area contributed by atoms with Gasteiger partial charge in [0.15, 0.2) is 0 Å². The zero-order valence-corrected chi connectivity index (χ0v) is 10.1. The van der Waals surface area contributed by atoms with E-state index in [1.165, 1.54) is 0 Å². The highest BCUT2D eigenvalue weighted by Gasteiger charge is 2.25. The summed E-state index contributed by atoms with van der Waals surface area (Å²) in [6.45, 7) is 5.78. The van der Waals surface area contributed by atoms with Crippen LogP contribution in [0.5, 0.6) is 0 Å². The number of ether oxygens (including phenoxy) is 1. The summed E-state index contributed by atoms with van der Waals surface area (Å²) in [7, 11) is 1.00. The molecule has 1 rings (SSSR count). The number of hydrogen-bond donors (Lipinski definition) is 2. The summed E-state index contributed by atoms with van der Waals surface area (Å²) < 4.78 is 5.66. The van der Waals surface area contributed by atoms with Gasteiger partial charge in [0.25, 0.3) is 0 Å². The second-order valence-electron chi connectivity index (χ2n) is 3.41. The summed E-state index contributed by atoms with van der Waals surface area (Å²) in [5, 5.41) is 15.9. The van der Waals surface area contributed by atoms with Crippen LogP contribution in [0, 0.1) is 0 Å². The minimum absolute atomic E-state index is 0.0125. The van der Waals surface area contributed by atoms with E-state index >= 15 is 0 Å². The summed E-state index contributed by atoms with van der Waals surface area (Å²) in [6, 6.07) is 0. The van der Waals surface area contributed by atoms with Gasteiger partial charge in [0.05, 0.1) is 18.8 Å². The van der Waals surface area contributed by atoms with Crippen LogP contribution in [-0.2, 0) is 4.74 Å². The third kappa shape index (κ3) is 4.75. The Bertz CT molecular complexity index is 244. The van der Waals surface area contributed by atoms with E-state index in [9.17, 15) is 0 Å². The zero-order chi connectivity index (χ0) is 12.4. The first-order valence-electron chi connectivity index (χ1n) is 5.48. The summed E-state index contributed by atoms with van der Waals surface area (Å²) in [5.74, 6) is 0. The van der Waals surface area contributed by atoms with Crippen LogP contribution in [0.1, 0.15) is 19.8 Å². The normalized spacial score (nSPS) is 25.4. The molecule has 1 heterocycles. The van der Waals surface area contributed by atoms with Gasteiger partial charge >= 0.3 is 0 Å². The number of aliphatic hydroxyl groups is 2. The van der Waals surface area contributed by atoms with Crippen LogP contribution < -0.4 is 0 Å². The van der Waals surface area contributed by atoms with Gasteiger partial charge in [-0.2, -0.15) is 0 Å². The van der Waals surface area contributed by atoms with Crippen molar-refractivity contribution in [2.75, 3.05) is 13.7 Å². The second kappa shape index (κ2) is 9.33. The van der Waals surface area contributed by atoms with Crippen molar-refractivity contribution in [1.29, 1.82) is 0 Å². The lowest BCUT2D eigenvalue weighted by atomic mass is 10.1. The molecule has 0 aliphatic carbocycles. The molecule has 1 fully saturated rings. The van der Waals surface area contributed by atoms with Crippen LogP contribution in [0.4, 0.5) is 0 Å². The van der Waals surface area contributed by atoms with Crippen molar-refractivity contribution in [3.8, 4) is 0 Å². The van der Waals surface area contributed by atoms with Gasteiger partial charge in [-0.15, -0.1) is 0 Å². The molecule has 3 nitrogen and oxygen atoms in total. The SMILES string of the molecule is C=C/C=C(\C=C/C)C1CCC(CO)O1.CO. The first-order chi connectivity index (χ1) is 7.81. The number of rotatable bonds is 4. The molecule has 1 saturated heterocycles. The van der Waals surface area contributed by atoms with Crippen molar-refractivity contribution < 1.29 is 14.9 Å². The largest absolute Gasteiger partial charge is 0.400 e. The monoisotopic (exact) mass is 226 g/mol. The molecule has 0 aromatic heterocycles. The molecular weight excluding hydrogens is 204 g/mol. The quantitative estimate of drug-likeness (QED) is 0.719. The Kier molecular flexibility index (Phi) is 8.81. The molecule has 1 aliphatic rings. The fourth-order valence-electron chi connectivity index (χ4n) is 1.68. The Hall–Kier alpha value is -0.900. The van der Waals surface area contributed by atoms with Gasteiger partial charge in [0.1, 0.15) is 0 Å². The second-order valence-corrected chi connectivity index (χ2v) is 3.41. The molecule has 0 spiro atoms. The van der Waals surface area contributed by atoms with Crippen LogP contribution in [0.25, 0.3) is 0 Å². The van der Waals surface area contributed by atoms with E-state index in [1.54, 1.807) is 6.08 Å². The predicted octanol–water partition coefficient (Wildman–Crippen LogP) is 1.82. The molecule has 2 unspecified atom stereocenters. The van der Waals surface area contributed by atoms with E-state index in [1.807, 2.05) is 25.2 Å². The molecule has 3 heteroatoms. The maximum atomic E-state index is 8.94. The fraction of sp³-hybridized carbons (Fsp3) is 0.538. The molecule has 16 heavy (non-hydrogen) atoms. The van der Waals surface area contributed by atoms with Gasteiger partial charge < -0.3 is 14.9 Å². The highest BCUT2D eigenvalue weighted by Crippen LogP contribution is 2.25. The molecule has 1 aliphatic heterocycles. The van der Waals surface area contributed by atoms with E-state index in [0.29, 0.717) is 0 Å². The highest BCUT2D eigenvalue weighted by atomic mass is 16.5. The van der Waals surface area contributed by atoms with Gasteiger partial charge in [-0.3, -0.25) is 0 Å². The zero-order valence-electron chi connectivity index (χ0n) is 10.1. The predicted molar refractivity (Wildman–Crippen MR) is 66.2 cm³/mol. The van der Waals surface area contributed by atoms with Crippen molar-refractivity contribution in [2.24, 2.45) is 0 Å². The Morgan fingerprint density at radius 2 is 2.12 bits per heavy atom. The van der Waals surface area contributed by atoms with Gasteiger partial charge in [0, 0.05) is 7.11 Å². The molecule has 0 amide bonds. The topological polar surface area (TPSA) is 49.7 Å². The molecular formula is C13H22O3. The summed E-state index contributed by atoms with van der Waals surface area (Å²) >= 11 is 0. The maximum absolute atomic E-state index is 8.94. The maximum Gasteiger partial charge on any atom is 0.0830 e. The van der Waals surface area contributed by atoms with Crippen molar-refractivity contribution in [1.82, 2.24) is 0 Å². The average Bonchev–Trinajstić information content (AvgIpc) is 2.80. The van der Waals surface area contributed by atoms with E-state index in [4.69, 9.17) is 14.9 Å². The molecule has 0 radical (unpaired) electrons. The van der Waals surface area contributed by atoms with Crippen molar-refractivity contribution in [2.45, 2.75) is 32.0 Å². The molecule has 0 bridgehead atoms. The molecule has 0 aromatic rings. The van der Waals surface area contributed by atoms with Crippen molar-refractivity contribution in [3.05, 3.63) is 36.5 Å². The third-order valence-corrected chi connectivity index (χ3v) is 2.35. The van der Waals surface area contributed by atoms with Crippen LogP contribution >= 0.6 is 0 Å². The first kappa shape index (κ1) is 15.1. The Labute approximate surface area is 97.8 Å². The van der Waals surface area contributed by atoms with Crippen LogP contribution in [0.15, 0.2) is 36.5 Å². The Morgan fingerprint density at radius 1 is 1.44 bits per heavy atom. The molecule has 0 saturated carbocycles. The highest BCUT2D eigenvalue weighted by molar-refractivity contribution is 5.27. The lowest BCUT2D eigenvalue weighted by Crippen LogP contribution is -2.15. The fourth-order valence-corrected chi connectivity index (χ4v) is 1.68. The Balaban J connectivity index is 0.00000106. The number of hydrogen-bond acceptors (Lipinski definition) is 3. The van der Waals surface area contributed by atoms with E-state index in [2.05, 4.69) is 6.58 Å². The summed E-state index contributed by atoms with van der Waals surface area (Å²) in [4.78, 5) is 0. The average molecular weight is 226 g/mol. The van der Waals surface area contributed by atoms with Crippen molar-refractivity contribution in [3.63, 3.8) is 0 Å². The third-order valence-electron chi connectivity index (χ3n) is 2.35. The molecule has 0 aromatic carbocycles. The van der Waals surface area contributed by atoms with E-state index < -0.39 is 0 Å². The van der Waals surface area contributed by atoms with Crippen LogP contribution in [-0.4, -0.2) is 36.1 Å². The lowest BCUT2D eigenvalue weighted by Gasteiger charge is -2.12. The minimum Gasteiger partial charge on any atom is -0.400 e. The summed E-state index contributed by atoms with van der Waals surface area (Å²) in [5.41, 5.74) is 1.14.